The van der Waals surface area contributed by atoms with Gasteiger partial charge in [0.05, 0.1) is 5.02 Å². The summed E-state index contributed by atoms with van der Waals surface area (Å²) in [6, 6.07) is 5.40. The number of nitrogens with one attached hydrogen (secondary N) is 1. The molecule has 0 atom stereocenters. The number of carbonyl (C=O) groups is 1. The van der Waals surface area contributed by atoms with Crippen molar-refractivity contribution in [2.75, 3.05) is 23.3 Å². The molecule has 2 fully saturated rings. The third kappa shape index (κ3) is 3.90. The molecule has 0 aromatic carbocycles. The van der Waals surface area contributed by atoms with Crippen molar-refractivity contribution in [3.63, 3.8) is 0 Å². The zero-order chi connectivity index (χ0) is 17.2. The van der Waals surface area contributed by atoms with Crippen LogP contribution in [0.2, 0.25) is 5.02 Å². The van der Waals surface area contributed by atoms with E-state index in [2.05, 4.69) is 20.2 Å². The molecular weight excluding hydrogens is 338 g/mol. The summed E-state index contributed by atoms with van der Waals surface area (Å²) in [5.41, 5.74) is 0. The second kappa shape index (κ2) is 6.96. The minimum atomic E-state index is -0.00142. The van der Waals surface area contributed by atoms with Gasteiger partial charge in [0.25, 0.3) is 0 Å². The van der Waals surface area contributed by atoms with E-state index in [4.69, 9.17) is 16.6 Å². The third-order valence-electron chi connectivity index (χ3n) is 4.77. The van der Waals surface area contributed by atoms with Gasteiger partial charge in [0.1, 0.15) is 17.5 Å². The van der Waals surface area contributed by atoms with Crippen LogP contribution >= 0.6 is 11.6 Å². The van der Waals surface area contributed by atoms with E-state index in [-0.39, 0.29) is 11.8 Å². The van der Waals surface area contributed by atoms with E-state index in [1.807, 2.05) is 12.3 Å². The Morgan fingerprint density at radius 1 is 1.12 bits per heavy atom. The summed E-state index contributed by atoms with van der Waals surface area (Å²) >= 11 is 5.81. The van der Waals surface area contributed by atoms with Crippen molar-refractivity contribution in [1.29, 1.82) is 0 Å². The smallest absolute Gasteiger partial charge is 0.228 e. The predicted octanol–water partition coefficient (Wildman–Crippen LogP) is 3.26. The molecule has 1 saturated heterocycles. The number of aromatic nitrogens is 3. The van der Waals surface area contributed by atoms with Gasteiger partial charge in [-0.05, 0) is 43.9 Å². The molecule has 7 heteroatoms. The van der Waals surface area contributed by atoms with Crippen LogP contribution in [0.3, 0.4) is 0 Å². The largest absolute Gasteiger partial charge is 0.356 e. The van der Waals surface area contributed by atoms with Crippen LogP contribution in [0.25, 0.3) is 0 Å². The van der Waals surface area contributed by atoms with Gasteiger partial charge < -0.3 is 10.2 Å². The molecule has 3 heterocycles. The van der Waals surface area contributed by atoms with Crippen molar-refractivity contribution in [3.8, 4) is 0 Å². The average Bonchev–Trinajstić information content (AvgIpc) is 3.49. The number of anilines is 2. The Bertz CT molecular complexity index is 754. The summed E-state index contributed by atoms with van der Waals surface area (Å²) in [7, 11) is 0. The quantitative estimate of drug-likeness (QED) is 0.909. The highest BCUT2D eigenvalue weighted by Crippen LogP contribution is 2.38. The third-order valence-corrected chi connectivity index (χ3v) is 4.99. The highest BCUT2D eigenvalue weighted by atomic mass is 35.5. The van der Waals surface area contributed by atoms with Gasteiger partial charge in [0.15, 0.2) is 0 Å². The summed E-state index contributed by atoms with van der Waals surface area (Å²) < 4.78 is 0. The lowest BCUT2D eigenvalue weighted by Gasteiger charge is -2.32. The van der Waals surface area contributed by atoms with E-state index < -0.39 is 0 Å². The molecule has 6 nitrogen and oxygen atoms in total. The van der Waals surface area contributed by atoms with Crippen molar-refractivity contribution in [2.24, 2.45) is 5.92 Å². The Morgan fingerprint density at radius 3 is 2.60 bits per heavy atom. The van der Waals surface area contributed by atoms with Crippen molar-refractivity contribution < 1.29 is 4.79 Å². The zero-order valence-electron chi connectivity index (χ0n) is 13.9. The van der Waals surface area contributed by atoms with Gasteiger partial charge >= 0.3 is 0 Å². The monoisotopic (exact) mass is 357 g/mol. The first-order chi connectivity index (χ1) is 12.2. The molecule has 1 N–H and O–H groups in total. The van der Waals surface area contributed by atoms with E-state index in [0.29, 0.717) is 16.8 Å². The molecule has 2 aliphatic rings. The molecule has 25 heavy (non-hydrogen) atoms. The number of carbonyl (C=O) groups excluding carboxylic acids is 1. The summed E-state index contributed by atoms with van der Waals surface area (Å²) in [5.74, 6) is 3.06. The van der Waals surface area contributed by atoms with Crippen molar-refractivity contribution in [2.45, 2.75) is 31.6 Å². The Balaban J connectivity index is 1.33. The van der Waals surface area contributed by atoms with E-state index >= 15 is 0 Å². The van der Waals surface area contributed by atoms with Crippen LogP contribution < -0.4 is 10.2 Å². The standard InChI is InChI=1S/C18H20ClN5O/c19-14-3-4-15(21-11-14)22-18(25)13-6-9-24(10-7-13)16-5-8-20-17(23-16)12-1-2-12/h3-5,8,11-13H,1-2,6-7,9-10H2,(H,21,22,25). The Labute approximate surface area is 151 Å². The van der Waals surface area contributed by atoms with Crippen molar-refractivity contribution in [3.05, 3.63) is 41.4 Å². The number of hydrogen-bond acceptors (Lipinski definition) is 5. The molecule has 1 aliphatic heterocycles. The summed E-state index contributed by atoms with van der Waals surface area (Å²) in [6.45, 7) is 1.65. The molecule has 0 unspecified atom stereocenters. The lowest BCUT2D eigenvalue weighted by Crippen LogP contribution is -2.38. The highest BCUT2D eigenvalue weighted by Gasteiger charge is 2.29. The molecule has 2 aromatic rings. The maximum Gasteiger partial charge on any atom is 0.228 e. The second-order valence-electron chi connectivity index (χ2n) is 6.66. The fourth-order valence-electron chi connectivity index (χ4n) is 3.13. The van der Waals surface area contributed by atoms with E-state index in [1.54, 1.807) is 12.1 Å². The van der Waals surface area contributed by atoms with Crippen LogP contribution in [-0.4, -0.2) is 33.9 Å². The SMILES string of the molecule is O=C(Nc1ccc(Cl)cn1)C1CCN(c2ccnc(C3CC3)n2)CC1. The molecule has 4 rings (SSSR count). The zero-order valence-corrected chi connectivity index (χ0v) is 14.6. The van der Waals surface area contributed by atoms with E-state index in [9.17, 15) is 4.79 Å². The molecule has 1 aliphatic carbocycles. The fraction of sp³-hybridized carbons (Fsp3) is 0.444. The lowest BCUT2D eigenvalue weighted by molar-refractivity contribution is -0.120. The molecular formula is C18H20ClN5O. The normalized spacial score (nSPS) is 18.2. The summed E-state index contributed by atoms with van der Waals surface area (Å²) in [6.07, 6.45) is 7.40. The maximum absolute atomic E-state index is 12.4. The van der Waals surface area contributed by atoms with Crippen LogP contribution in [0.5, 0.6) is 0 Å². The van der Waals surface area contributed by atoms with Gasteiger partial charge in [-0.15, -0.1) is 0 Å². The molecule has 2 aromatic heterocycles. The topological polar surface area (TPSA) is 71.0 Å². The Hall–Kier alpha value is -2.21. The molecule has 0 radical (unpaired) electrons. The van der Waals surface area contributed by atoms with Gasteiger partial charge in [0, 0.05) is 37.3 Å². The van der Waals surface area contributed by atoms with Crippen LogP contribution in [0.15, 0.2) is 30.6 Å². The molecule has 0 spiro atoms. The van der Waals surface area contributed by atoms with Crippen LogP contribution in [0.4, 0.5) is 11.6 Å². The Kier molecular flexibility index (Phi) is 4.53. The van der Waals surface area contributed by atoms with Gasteiger partial charge in [-0.25, -0.2) is 15.0 Å². The lowest BCUT2D eigenvalue weighted by atomic mass is 9.96. The van der Waals surface area contributed by atoms with Gasteiger partial charge in [0.2, 0.25) is 5.91 Å². The van der Waals surface area contributed by atoms with Gasteiger partial charge in [-0.1, -0.05) is 11.6 Å². The molecule has 1 amide bonds. The molecule has 130 valence electrons. The number of rotatable bonds is 4. The number of hydrogen-bond donors (Lipinski definition) is 1. The number of nitrogens with zero attached hydrogens (tertiary/aromatic N) is 4. The predicted molar refractivity (Wildman–Crippen MR) is 96.8 cm³/mol. The molecule has 1 saturated carbocycles. The van der Waals surface area contributed by atoms with E-state index in [0.717, 1.165) is 37.6 Å². The number of pyridine rings is 1. The minimum absolute atomic E-state index is 0.00142. The van der Waals surface area contributed by atoms with Crippen LogP contribution in [-0.2, 0) is 4.79 Å². The number of halogens is 1. The Morgan fingerprint density at radius 2 is 1.92 bits per heavy atom. The van der Waals surface area contributed by atoms with Crippen LogP contribution in [0.1, 0.15) is 37.4 Å². The second-order valence-corrected chi connectivity index (χ2v) is 7.10. The van der Waals surface area contributed by atoms with Gasteiger partial charge in [-0.2, -0.15) is 0 Å². The first-order valence-corrected chi connectivity index (χ1v) is 9.07. The number of amides is 1. The van der Waals surface area contributed by atoms with Crippen molar-refractivity contribution >= 4 is 29.1 Å². The summed E-state index contributed by atoms with van der Waals surface area (Å²) in [4.78, 5) is 27.9. The maximum atomic E-state index is 12.4. The number of piperidine rings is 1. The first-order valence-electron chi connectivity index (χ1n) is 8.69. The fourth-order valence-corrected chi connectivity index (χ4v) is 3.24. The molecule has 0 bridgehead atoms. The summed E-state index contributed by atoms with van der Waals surface area (Å²) in [5, 5.41) is 3.43. The minimum Gasteiger partial charge on any atom is -0.356 e. The van der Waals surface area contributed by atoms with Crippen molar-refractivity contribution in [1.82, 2.24) is 15.0 Å². The van der Waals surface area contributed by atoms with E-state index in [1.165, 1.54) is 19.0 Å². The van der Waals surface area contributed by atoms with Crippen LogP contribution in [0, 0.1) is 5.92 Å². The first kappa shape index (κ1) is 16.3. The highest BCUT2D eigenvalue weighted by molar-refractivity contribution is 6.30. The average molecular weight is 358 g/mol. The van der Waals surface area contributed by atoms with Gasteiger partial charge in [-0.3, -0.25) is 4.79 Å².